The molecular formula is C11H18ClNO2S2. The minimum absolute atomic E-state index is 0.191. The van der Waals surface area contributed by atoms with Crippen LogP contribution in [0.25, 0.3) is 0 Å². The predicted molar refractivity (Wildman–Crippen MR) is 74.5 cm³/mol. The minimum Gasteiger partial charge on any atom is -0.311 e. The first-order valence-corrected chi connectivity index (χ1v) is 8.56. The molecule has 1 aromatic rings. The molecule has 6 heteroatoms. The molecule has 0 atom stereocenters. The molecule has 0 radical (unpaired) electrons. The second kappa shape index (κ2) is 6.73. The molecule has 17 heavy (non-hydrogen) atoms. The highest BCUT2D eigenvalue weighted by Gasteiger charge is 2.12. The van der Waals surface area contributed by atoms with Crippen LogP contribution in [0.2, 0.25) is 4.34 Å². The summed E-state index contributed by atoms with van der Waals surface area (Å²) in [5, 5.41) is 3.12. The summed E-state index contributed by atoms with van der Waals surface area (Å²) in [5.41, 5.74) is 0. The van der Waals surface area contributed by atoms with Crippen LogP contribution in [0.3, 0.4) is 0 Å². The third kappa shape index (κ3) is 6.41. The zero-order valence-corrected chi connectivity index (χ0v) is 12.5. The number of halogens is 1. The highest BCUT2D eigenvalue weighted by atomic mass is 35.5. The van der Waals surface area contributed by atoms with Crippen molar-refractivity contribution in [2.75, 3.05) is 18.1 Å². The summed E-state index contributed by atoms with van der Waals surface area (Å²) in [7, 11) is -2.92. The summed E-state index contributed by atoms with van der Waals surface area (Å²) in [5.74, 6) is 0.653. The summed E-state index contributed by atoms with van der Waals surface area (Å²) in [6, 6.07) is 3.79. The topological polar surface area (TPSA) is 46.2 Å². The Morgan fingerprint density at radius 1 is 1.41 bits per heavy atom. The molecule has 98 valence electrons. The van der Waals surface area contributed by atoms with Crippen molar-refractivity contribution in [1.29, 1.82) is 0 Å². The van der Waals surface area contributed by atoms with Crippen molar-refractivity contribution in [1.82, 2.24) is 5.32 Å². The van der Waals surface area contributed by atoms with Crippen LogP contribution in [0.15, 0.2) is 12.1 Å². The Bertz CT molecular complexity index is 440. The van der Waals surface area contributed by atoms with E-state index >= 15 is 0 Å². The van der Waals surface area contributed by atoms with Gasteiger partial charge >= 0.3 is 0 Å². The van der Waals surface area contributed by atoms with E-state index in [4.69, 9.17) is 11.6 Å². The van der Waals surface area contributed by atoms with Crippen molar-refractivity contribution >= 4 is 32.8 Å². The summed E-state index contributed by atoms with van der Waals surface area (Å²) < 4.78 is 24.0. The molecule has 0 saturated heterocycles. The molecule has 0 saturated carbocycles. The third-order valence-electron chi connectivity index (χ3n) is 2.11. The molecule has 1 N–H and O–H groups in total. The molecule has 1 rings (SSSR count). The maximum absolute atomic E-state index is 11.6. The van der Waals surface area contributed by atoms with Crippen molar-refractivity contribution in [2.24, 2.45) is 5.92 Å². The number of rotatable bonds is 7. The Morgan fingerprint density at radius 3 is 2.65 bits per heavy atom. The van der Waals surface area contributed by atoms with Crippen molar-refractivity contribution < 1.29 is 8.42 Å². The largest absolute Gasteiger partial charge is 0.311 e. The number of nitrogens with one attached hydrogen (secondary N) is 1. The van der Waals surface area contributed by atoms with Gasteiger partial charge in [0.25, 0.3) is 0 Å². The Kier molecular flexibility index (Phi) is 5.92. The molecule has 0 aliphatic heterocycles. The molecular weight excluding hydrogens is 278 g/mol. The van der Waals surface area contributed by atoms with Crippen LogP contribution in [-0.2, 0) is 16.4 Å². The van der Waals surface area contributed by atoms with Gasteiger partial charge in [-0.1, -0.05) is 25.4 Å². The second-order valence-corrected chi connectivity index (χ2v) is 8.42. The van der Waals surface area contributed by atoms with Crippen LogP contribution >= 0.6 is 22.9 Å². The second-order valence-electron chi connectivity index (χ2n) is 4.39. The molecule has 0 spiro atoms. The normalized spacial score (nSPS) is 12.2. The highest BCUT2D eigenvalue weighted by Crippen LogP contribution is 2.20. The molecule has 3 nitrogen and oxygen atoms in total. The Labute approximate surface area is 112 Å². The van der Waals surface area contributed by atoms with Gasteiger partial charge in [0.2, 0.25) is 0 Å². The highest BCUT2D eigenvalue weighted by molar-refractivity contribution is 7.91. The first-order valence-electron chi connectivity index (χ1n) is 5.54. The molecule has 0 fully saturated rings. The van der Waals surface area contributed by atoms with Gasteiger partial charge in [0.05, 0.1) is 15.8 Å². The zero-order chi connectivity index (χ0) is 12.9. The van der Waals surface area contributed by atoms with Gasteiger partial charge in [0.15, 0.2) is 9.84 Å². The monoisotopic (exact) mass is 295 g/mol. The number of sulfone groups is 1. The lowest BCUT2D eigenvalue weighted by Crippen LogP contribution is -2.25. The third-order valence-corrected chi connectivity index (χ3v) is 5.34. The maximum atomic E-state index is 11.6. The van der Waals surface area contributed by atoms with Crippen molar-refractivity contribution in [3.63, 3.8) is 0 Å². The quantitative estimate of drug-likeness (QED) is 0.787. The fraction of sp³-hybridized carbons (Fsp3) is 0.636. The van der Waals surface area contributed by atoms with Crippen LogP contribution in [0.5, 0.6) is 0 Å². The van der Waals surface area contributed by atoms with E-state index in [1.165, 1.54) is 11.3 Å². The van der Waals surface area contributed by atoms with Crippen LogP contribution in [0.1, 0.15) is 18.7 Å². The van der Waals surface area contributed by atoms with Crippen LogP contribution in [0, 0.1) is 5.92 Å². The average Bonchev–Trinajstić information content (AvgIpc) is 2.57. The van der Waals surface area contributed by atoms with Crippen LogP contribution in [-0.4, -0.2) is 26.5 Å². The predicted octanol–water partition coefficient (Wildman–Crippen LogP) is 2.56. The minimum atomic E-state index is -2.92. The molecule has 1 heterocycles. The maximum Gasteiger partial charge on any atom is 0.151 e. The Balaban J connectivity index is 2.24. The van der Waals surface area contributed by atoms with Crippen molar-refractivity contribution in [3.05, 3.63) is 21.3 Å². The fourth-order valence-electron chi connectivity index (χ4n) is 1.48. The van der Waals surface area contributed by atoms with Gasteiger partial charge in [-0.15, -0.1) is 11.3 Å². The van der Waals surface area contributed by atoms with Crippen LogP contribution < -0.4 is 5.32 Å². The Morgan fingerprint density at radius 2 is 2.12 bits per heavy atom. The lowest BCUT2D eigenvalue weighted by atomic mass is 10.3. The lowest BCUT2D eigenvalue weighted by Gasteiger charge is -2.07. The number of thiophene rings is 1. The van der Waals surface area contributed by atoms with Gasteiger partial charge in [-0.3, -0.25) is 0 Å². The molecule has 0 amide bonds. The first-order chi connectivity index (χ1) is 7.89. The summed E-state index contributed by atoms with van der Waals surface area (Å²) in [6.07, 6.45) is 0. The summed E-state index contributed by atoms with van der Waals surface area (Å²) in [6.45, 7) is 5.00. The first kappa shape index (κ1) is 15.0. The average molecular weight is 296 g/mol. The van der Waals surface area contributed by atoms with Crippen molar-refractivity contribution in [3.8, 4) is 0 Å². The Hall–Kier alpha value is -0.100. The van der Waals surface area contributed by atoms with Crippen molar-refractivity contribution in [2.45, 2.75) is 20.4 Å². The lowest BCUT2D eigenvalue weighted by molar-refractivity contribution is 0.578. The van der Waals surface area contributed by atoms with Gasteiger partial charge in [-0.25, -0.2) is 8.42 Å². The van der Waals surface area contributed by atoms with E-state index in [1.807, 2.05) is 26.0 Å². The molecule has 0 aromatic carbocycles. The van der Waals surface area contributed by atoms with Gasteiger partial charge in [0, 0.05) is 18.0 Å². The summed E-state index contributed by atoms with van der Waals surface area (Å²) >= 11 is 7.31. The van der Waals surface area contributed by atoms with Gasteiger partial charge in [-0.2, -0.15) is 0 Å². The van der Waals surface area contributed by atoms with E-state index < -0.39 is 9.84 Å². The molecule has 0 aliphatic carbocycles. The molecule has 1 aromatic heterocycles. The fourth-order valence-corrected chi connectivity index (χ4v) is 4.17. The van der Waals surface area contributed by atoms with E-state index in [9.17, 15) is 8.42 Å². The zero-order valence-electron chi connectivity index (χ0n) is 10.1. The van der Waals surface area contributed by atoms with E-state index in [0.717, 1.165) is 9.21 Å². The van der Waals surface area contributed by atoms with E-state index in [1.54, 1.807) is 0 Å². The number of hydrogen-bond acceptors (Lipinski definition) is 4. The summed E-state index contributed by atoms with van der Waals surface area (Å²) in [4.78, 5) is 1.12. The van der Waals surface area contributed by atoms with E-state index in [0.29, 0.717) is 13.1 Å². The van der Waals surface area contributed by atoms with Gasteiger partial charge in [0.1, 0.15) is 0 Å². The standard InChI is InChI=1S/C11H18ClNO2S2/c1-9(2)8-17(14,15)6-5-13-7-10-3-4-11(12)16-10/h3-4,9,13H,5-8H2,1-2H3. The molecule has 0 unspecified atom stereocenters. The SMILES string of the molecule is CC(C)CS(=O)(=O)CCNCc1ccc(Cl)s1. The van der Waals surface area contributed by atoms with Gasteiger partial charge < -0.3 is 5.32 Å². The number of hydrogen-bond donors (Lipinski definition) is 1. The molecule has 0 aliphatic rings. The smallest absolute Gasteiger partial charge is 0.151 e. The van der Waals surface area contributed by atoms with Crippen LogP contribution in [0.4, 0.5) is 0 Å². The molecule has 0 bridgehead atoms. The van der Waals surface area contributed by atoms with E-state index in [-0.39, 0.29) is 17.4 Å². The van der Waals surface area contributed by atoms with E-state index in [2.05, 4.69) is 5.32 Å². The van der Waals surface area contributed by atoms with Gasteiger partial charge in [-0.05, 0) is 18.1 Å².